The van der Waals surface area contributed by atoms with E-state index in [0.29, 0.717) is 12.4 Å². The van der Waals surface area contributed by atoms with Crippen LogP contribution in [0.25, 0.3) is 0 Å². The molecule has 3 N–H and O–H groups in total. The van der Waals surface area contributed by atoms with Crippen molar-refractivity contribution >= 4 is 5.82 Å². The Morgan fingerprint density at radius 3 is 3.07 bits per heavy atom. The Hall–Kier alpha value is -1.13. The van der Waals surface area contributed by atoms with E-state index in [1.807, 2.05) is 18.2 Å². The molecule has 1 aromatic heterocycles. The highest BCUT2D eigenvalue weighted by Gasteiger charge is 2.20. The van der Waals surface area contributed by atoms with Crippen molar-refractivity contribution < 1.29 is 4.74 Å². The van der Waals surface area contributed by atoms with Crippen LogP contribution in [0.4, 0.5) is 5.82 Å². The lowest BCUT2D eigenvalue weighted by atomic mass is 10.3. The summed E-state index contributed by atoms with van der Waals surface area (Å²) in [6, 6.07) is 5.69. The van der Waals surface area contributed by atoms with Crippen LogP contribution in [-0.4, -0.2) is 11.6 Å². The standard InChI is InChI=1S/C11H17N3O/c12-14-11-3-1-2-10(13-11)8-15-7-6-9-4-5-9/h1-3,9H,4-8,12H2,(H,13,14). The molecule has 15 heavy (non-hydrogen) atoms. The summed E-state index contributed by atoms with van der Waals surface area (Å²) >= 11 is 0. The predicted molar refractivity (Wildman–Crippen MR) is 59.0 cm³/mol. The number of nitrogens with two attached hydrogens (primary N) is 1. The van der Waals surface area contributed by atoms with Crippen LogP contribution in [0, 0.1) is 5.92 Å². The van der Waals surface area contributed by atoms with Gasteiger partial charge >= 0.3 is 0 Å². The van der Waals surface area contributed by atoms with Gasteiger partial charge in [0.15, 0.2) is 0 Å². The molecule has 0 spiro atoms. The van der Waals surface area contributed by atoms with Gasteiger partial charge < -0.3 is 10.2 Å². The average molecular weight is 207 g/mol. The number of hydrazine groups is 1. The molecule has 1 aromatic rings. The normalized spacial score (nSPS) is 15.3. The van der Waals surface area contributed by atoms with Crippen molar-refractivity contribution in [1.82, 2.24) is 4.98 Å². The Morgan fingerprint density at radius 2 is 2.33 bits per heavy atom. The fraction of sp³-hybridized carbons (Fsp3) is 0.545. The van der Waals surface area contributed by atoms with E-state index < -0.39 is 0 Å². The van der Waals surface area contributed by atoms with Gasteiger partial charge in [0.25, 0.3) is 0 Å². The Labute approximate surface area is 89.8 Å². The molecule has 0 atom stereocenters. The molecule has 1 aliphatic rings. The Kier molecular flexibility index (Phi) is 3.53. The summed E-state index contributed by atoms with van der Waals surface area (Å²) in [4.78, 5) is 4.26. The lowest BCUT2D eigenvalue weighted by Crippen LogP contribution is -2.09. The number of nitrogens with one attached hydrogen (secondary N) is 1. The van der Waals surface area contributed by atoms with Gasteiger partial charge in [0.1, 0.15) is 5.82 Å². The maximum absolute atomic E-state index is 5.54. The molecule has 4 nitrogen and oxygen atoms in total. The van der Waals surface area contributed by atoms with Crippen LogP contribution in [-0.2, 0) is 11.3 Å². The van der Waals surface area contributed by atoms with Crippen molar-refractivity contribution in [3.05, 3.63) is 23.9 Å². The zero-order chi connectivity index (χ0) is 10.5. The first kappa shape index (κ1) is 10.4. The highest BCUT2D eigenvalue weighted by molar-refractivity contribution is 5.33. The largest absolute Gasteiger partial charge is 0.375 e. The van der Waals surface area contributed by atoms with Crippen molar-refractivity contribution in [2.45, 2.75) is 25.9 Å². The second kappa shape index (κ2) is 5.09. The highest BCUT2D eigenvalue weighted by Crippen LogP contribution is 2.32. The van der Waals surface area contributed by atoms with Gasteiger partial charge in [0, 0.05) is 6.61 Å². The van der Waals surface area contributed by atoms with Gasteiger partial charge in [-0.25, -0.2) is 10.8 Å². The molecule has 0 bridgehead atoms. The molecule has 0 saturated heterocycles. The van der Waals surface area contributed by atoms with Gasteiger partial charge in [-0.2, -0.15) is 0 Å². The monoisotopic (exact) mass is 207 g/mol. The van der Waals surface area contributed by atoms with Crippen molar-refractivity contribution in [3.63, 3.8) is 0 Å². The third-order valence-corrected chi connectivity index (χ3v) is 2.57. The van der Waals surface area contributed by atoms with Crippen molar-refractivity contribution in [2.24, 2.45) is 11.8 Å². The SMILES string of the molecule is NNc1cccc(COCCC2CC2)n1. The summed E-state index contributed by atoms with van der Waals surface area (Å²) < 4.78 is 5.54. The van der Waals surface area contributed by atoms with Crippen LogP contribution < -0.4 is 11.3 Å². The van der Waals surface area contributed by atoms with Crippen LogP contribution >= 0.6 is 0 Å². The van der Waals surface area contributed by atoms with Crippen molar-refractivity contribution in [2.75, 3.05) is 12.0 Å². The number of nitrogens with zero attached hydrogens (tertiary/aromatic N) is 1. The third kappa shape index (κ3) is 3.49. The molecule has 1 heterocycles. The molecule has 0 radical (unpaired) electrons. The van der Waals surface area contributed by atoms with Gasteiger partial charge in [-0.1, -0.05) is 18.9 Å². The van der Waals surface area contributed by atoms with E-state index in [-0.39, 0.29) is 0 Å². The summed E-state index contributed by atoms with van der Waals surface area (Å²) in [7, 11) is 0. The Morgan fingerprint density at radius 1 is 1.47 bits per heavy atom. The minimum atomic E-state index is 0.572. The van der Waals surface area contributed by atoms with E-state index in [0.717, 1.165) is 18.2 Å². The molecule has 0 aliphatic heterocycles. The second-order valence-corrected chi connectivity index (χ2v) is 3.94. The molecule has 0 unspecified atom stereocenters. The molecule has 0 amide bonds. The first-order chi connectivity index (χ1) is 7.38. The molecular formula is C11H17N3O. The lowest BCUT2D eigenvalue weighted by molar-refractivity contribution is 0.112. The number of aromatic nitrogens is 1. The third-order valence-electron chi connectivity index (χ3n) is 2.57. The molecule has 1 aliphatic carbocycles. The summed E-state index contributed by atoms with van der Waals surface area (Å²) in [5.74, 6) is 6.87. The minimum Gasteiger partial charge on any atom is -0.375 e. The van der Waals surface area contributed by atoms with Gasteiger partial charge in [-0.15, -0.1) is 0 Å². The van der Waals surface area contributed by atoms with Crippen LogP contribution in [0.15, 0.2) is 18.2 Å². The predicted octanol–water partition coefficient (Wildman–Crippen LogP) is 1.68. The van der Waals surface area contributed by atoms with E-state index in [4.69, 9.17) is 10.6 Å². The Balaban J connectivity index is 1.71. The molecule has 0 aromatic carbocycles. The van der Waals surface area contributed by atoms with Gasteiger partial charge in [-0.05, 0) is 24.5 Å². The molecular weight excluding hydrogens is 190 g/mol. The van der Waals surface area contributed by atoms with Crippen LogP contribution in [0.1, 0.15) is 25.0 Å². The maximum atomic E-state index is 5.54. The Bertz CT molecular complexity index is 312. The number of pyridine rings is 1. The summed E-state index contributed by atoms with van der Waals surface area (Å²) in [6.45, 7) is 1.41. The molecule has 4 heteroatoms. The first-order valence-electron chi connectivity index (χ1n) is 5.39. The highest BCUT2D eigenvalue weighted by atomic mass is 16.5. The summed E-state index contributed by atoms with van der Waals surface area (Å²) in [5, 5.41) is 0. The molecule has 1 fully saturated rings. The zero-order valence-electron chi connectivity index (χ0n) is 8.78. The smallest absolute Gasteiger partial charge is 0.140 e. The number of rotatable bonds is 6. The number of hydrogen-bond donors (Lipinski definition) is 2. The average Bonchev–Trinajstić information content (AvgIpc) is 3.09. The summed E-state index contributed by atoms with van der Waals surface area (Å²) in [6.07, 6.45) is 3.96. The topological polar surface area (TPSA) is 60.2 Å². The zero-order valence-corrected chi connectivity index (χ0v) is 8.78. The number of anilines is 1. The van der Waals surface area contributed by atoms with Gasteiger partial charge in [0.2, 0.25) is 0 Å². The molecule has 1 saturated carbocycles. The number of nitrogen functional groups attached to an aromatic ring is 1. The van der Waals surface area contributed by atoms with Gasteiger partial charge in [-0.3, -0.25) is 0 Å². The maximum Gasteiger partial charge on any atom is 0.140 e. The van der Waals surface area contributed by atoms with E-state index in [2.05, 4.69) is 10.4 Å². The van der Waals surface area contributed by atoms with Crippen LogP contribution in [0.5, 0.6) is 0 Å². The van der Waals surface area contributed by atoms with E-state index in [9.17, 15) is 0 Å². The summed E-state index contributed by atoms with van der Waals surface area (Å²) in [5.41, 5.74) is 3.44. The number of hydrogen-bond acceptors (Lipinski definition) is 4. The fourth-order valence-corrected chi connectivity index (χ4v) is 1.47. The minimum absolute atomic E-state index is 0.572. The van der Waals surface area contributed by atoms with E-state index in [1.54, 1.807) is 0 Å². The van der Waals surface area contributed by atoms with E-state index >= 15 is 0 Å². The van der Waals surface area contributed by atoms with Crippen molar-refractivity contribution in [1.29, 1.82) is 0 Å². The van der Waals surface area contributed by atoms with E-state index in [1.165, 1.54) is 19.3 Å². The quantitative estimate of drug-likeness (QED) is 0.423. The molecule has 82 valence electrons. The lowest BCUT2D eigenvalue weighted by Gasteiger charge is -2.04. The van der Waals surface area contributed by atoms with Crippen LogP contribution in [0.2, 0.25) is 0 Å². The molecule has 2 rings (SSSR count). The fourth-order valence-electron chi connectivity index (χ4n) is 1.47. The van der Waals surface area contributed by atoms with Gasteiger partial charge in [0.05, 0.1) is 12.3 Å². The van der Waals surface area contributed by atoms with Crippen LogP contribution in [0.3, 0.4) is 0 Å². The number of ether oxygens (including phenoxy) is 1. The first-order valence-corrected chi connectivity index (χ1v) is 5.39. The second-order valence-electron chi connectivity index (χ2n) is 3.94. The van der Waals surface area contributed by atoms with Crippen molar-refractivity contribution in [3.8, 4) is 0 Å².